The van der Waals surface area contributed by atoms with Gasteiger partial charge in [-0.25, -0.2) is 9.78 Å². The molecule has 0 bridgehead atoms. The second-order valence-corrected chi connectivity index (χ2v) is 9.25. The standard InChI is InChI=1S/C32H33NO3/c1-3-4-5-6-8-13-24-17-19-25(20-18-24)29-21-28(27-16-11-12-23(2)31(27)33-29)32(35)36-22-30(34)26-14-9-7-10-15-26/h7,9-12,14-21H,3-6,8,13,22H2,1-2H3. The Morgan fingerprint density at radius 2 is 1.58 bits per heavy atom. The van der Waals surface area contributed by atoms with Gasteiger partial charge in [-0.15, -0.1) is 0 Å². The van der Waals surface area contributed by atoms with Crippen molar-refractivity contribution in [2.45, 2.75) is 52.4 Å². The van der Waals surface area contributed by atoms with Crippen LogP contribution in [0.4, 0.5) is 0 Å². The summed E-state index contributed by atoms with van der Waals surface area (Å²) in [6, 6.07) is 24.8. The molecule has 4 rings (SSSR count). The Kier molecular flexibility index (Phi) is 8.62. The van der Waals surface area contributed by atoms with Crippen molar-refractivity contribution in [1.29, 1.82) is 0 Å². The summed E-state index contributed by atoms with van der Waals surface area (Å²) in [5.41, 5.74) is 5.65. The fourth-order valence-corrected chi connectivity index (χ4v) is 4.40. The van der Waals surface area contributed by atoms with Crippen molar-refractivity contribution in [2.75, 3.05) is 6.61 Å². The normalized spacial score (nSPS) is 10.9. The number of rotatable bonds is 11. The van der Waals surface area contributed by atoms with Gasteiger partial charge in [-0.3, -0.25) is 4.79 Å². The Balaban J connectivity index is 1.55. The second kappa shape index (κ2) is 12.3. The molecule has 0 aliphatic carbocycles. The van der Waals surface area contributed by atoms with Crippen molar-refractivity contribution in [1.82, 2.24) is 4.98 Å². The largest absolute Gasteiger partial charge is 0.454 e. The topological polar surface area (TPSA) is 56.3 Å². The fourth-order valence-electron chi connectivity index (χ4n) is 4.40. The number of aryl methyl sites for hydroxylation is 2. The summed E-state index contributed by atoms with van der Waals surface area (Å²) in [5, 5.41) is 0.722. The maximum absolute atomic E-state index is 13.1. The molecule has 1 aromatic heterocycles. The van der Waals surface area contributed by atoms with Crippen LogP contribution < -0.4 is 0 Å². The van der Waals surface area contributed by atoms with Gasteiger partial charge in [0.2, 0.25) is 0 Å². The second-order valence-electron chi connectivity index (χ2n) is 9.25. The molecule has 0 radical (unpaired) electrons. The zero-order chi connectivity index (χ0) is 25.3. The number of unbranched alkanes of at least 4 members (excludes halogenated alkanes) is 4. The van der Waals surface area contributed by atoms with E-state index in [1.165, 1.54) is 37.7 Å². The van der Waals surface area contributed by atoms with E-state index in [2.05, 4.69) is 31.2 Å². The summed E-state index contributed by atoms with van der Waals surface area (Å²) in [6.07, 6.45) is 7.39. The van der Waals surface area contributed by atoms with Crippen LogP contribution in [0.3, 0.4) is 0 Å². The molecule has 184 valence electrons. The van der Waals surface area contributed by atoms with Gasteiger partial charge >= 0.3 is 5.97 Å². The number of esters is 1. The van der Waals surface area contributed by atoms with E-state index in [4.69, 9.17) is 9.72 Å². The number of pyridine rings is 1. The minimum Gasteiger partial charge on any atom is -0.454 e. The van der Waals surface area contributed by atoms with E-state index in [0.29, 0.717) is 16.8 Å². The molecule has 0 unspecified atom stereocenters. The summed E-state index contributed by atoms with van der Waals surface area (Å²) < 4.78 is 5.46. The highest BCUT2D eigenvalue weighted by Gasteiger charge is 2.18. The zero-order valence-corrected chi connectivity index (χ0v) is 21.1. The number of fused-ring (bicyclic) bond motifs is 1. The molecule has 0 fully saturated rings. The van der Waals surface area contributed by atoms with Crippen LogP contribution in [0.1, 0.15) is 70.9 Å². The van der Waals surface area contributed by atoms with E-state index >= 15 is 0 Å². The quantitative estimate of drug-likeness (QED) is 0.125. The minimum absolute atomic E-state index is 0.232. The first-order chi connectivity index (χ1) is 17.6. The van der Waals surface area contributed by atoms with Gasteiger partial charge in [0.05, 0.1) is 16.8 Å². The number of Topliss-reactive ketones (excluding diaryl/α,β-unsaturated/α-hetero) is 1. The molecule has 0 saturated heterocycles. The third kappa shape index (κ3) is 6.25. The molecule has 3 aromatic carbocycles. The van der Waals surface area contributed by atoms with Gasteiger partial charge in [-0.2, -0.15) is 0 Å². The number of hydrogen-bond donors (Lipinski definition) is 0. The Morgan fingerprint density at radius 3 is 2.33 bits per heavy atom. The van der Waals surface area contributed by atoms with Crippen molar-refractivity contribution < 1.29 is 14.3 Å². The number of carbonyl (C=O) groups excluding carboxylic acids is 2. The number of carbonyl (C=O) groups is 2. The predicted molar refractivity (Wildman–Crippen MR) is 145 cm³/mol. The predicted octanol–water partition coefficient (Wildman–Crippen LogP) is 7.76. The number of ketones is 1. The molecular weight excluding hydrogens is 446 g/mol. The Bertz CT molecular complexity index is 1330. The van der Waals surface area contributed by atoms with Gasteiger partial charge in [0, 0.05) is 16.5 Å². The van der Waals surface area contributed by atoms with Crippen molar-refractivity contribution in [3.8, 4) is 11.3 Å². The highest BCUT2D eigenvalue weighted by atomic mass is 16.5. The third-order valence-corrected chi connectivity index (χ3v) is 6.51. The Morgan fingerprint density at radius 1 is 0.833 bits per heavy atom. The van der Waals surface area contributed by atoms with Crippen LogP contribution in [-0.4, -0.2) is 23.3 Å². The smallest absolute Gasteiger partial charge is 0.339 e. The minimum atomic E-state index is -0.526. The lowest BCUT2D eigenvalue weighted by Crippen LogP contribution is -2.15. The van der Waals surface area contributed by atoms with E-state index in [-0.39, 0.29) is 12.4 Å². The van der Waals surface area contributed by atoms with E-state index in [1.54, 1.807) is 30.3 Å². The maximum Gasteiger partial charge on any atom is 0.339 e. The summed E-state index contributed by atoms with van der Waals surface area (Å²) in [5.74, 6) is -0.758. The van der Waals surface area contributed by atoms with Crippen molar-refractivity contribution in [3.63, 3.8) is 0 Å². The molecule has 0 aliphatic heterocycles. The number of benzene rings is 3. The Labute approximate surface area is 213 Å². The first kappa shape index (κ1) is 25.3. The molecule has 4 heteroatoms. The van der Waals surface area contributed by atoms with Crippen molar-refractivity contribution in [2.24, 2.45) is 0 Å². The number of nitrogens with zero attached hydrogens (tertiary/aromatic N) is 1. The molecule has 0 atom stereocenters. The molecule has 0 amide bonds. The zero-order valence-electron chi connectivity index (χ0n) is 21.1. The highest BCUT2D eigenvalue weighted by molar-refractivity contribution is 6.06. The van der Waals surface area contributed by atoms with E-state index < -0.39 is 5.97 Å². The number of hydrogen-bond acceptors (Lipinski definition) is 4. The summed E-state index contributed by atoms with van der Waals surface area (Å²) in [6.45, 7) is 3.91. The first-order valence-corrected chi connectivity index (χ1v) is 12.8. The molecule has 1 heterocycles. The number of aromatic nitrogens is 1. The van der Waals surface area contributed by atoms with Crippen LogP contribution >= 0.6 is 0 Å². The average molecular weight is 480 g/mol. The molecule has 4 aromatic rings. The lowest BCUT2D eigenvalue weighted by atomic mass is 10.00. The molecule has 4 nitrogen and oxygen atoms in total. The first-order valence-electron chi connectivity index (χ1n) is 12.8. The van der Waals surface area contributed by atoms with Gasteiger partial charge in [0.25, 0.3) is 0 Å². The van der Waals surface area contributed by atoms with Crippen LogP contribution in [0.15, 0.2) is 78.9 Å². The summed E-state index contributed by atoms with van der Waals surface area (Å²) in [7, 11) is 0. The van der Waals surface area contributed by atoms with Crippen LogP contribution in [0, 0.1) is 6.92 Å². The van der Waals surface area contributed by atoms with Crippen molar-refractivity contribution in [3.05, 3.63) is 101 Å². The van der Waals surface area contributed by atoms with Gasteiger partial charge in [0.1, 0.15) is 0 Å². The van der Waals surface area contributed by atoms with Crippen molar-refractivity contribution >= 4 is 22.7 Å². The maximum atomic E-state index is 13.1. The van der Waals surface area contributed by atoms with Gasteiger partial charge in [-0.1, -0.05) is 105 Å². The van der Waals surface area contributed by atoms with Crippen LogP contribution in [0.2, 0.25) is 0 Å². The van der Waals surface area contributed by atoms with E-state index in [0.717, 1.165) is 28.5 Å². The van der Waals surface area contributed by atoms with Crippen LogP contribution in [0.5, 0.6) is 0 Å². The van der Waals surface area contributed by atoms with Crippen LogP contribution in [-0.2, 0) is 11.2 Å². The molecule has 0 saturated carbocycles. The van der Waals surface area contributed by atoms with Crippen LogP contribution in [0.25, 0.3) is 22.2 Å². The lowest BCUT2D eigenvalue weighted by molar-refractivity contribution is 0.0476. The SMILES string of the molecule is CCCCCCCc1ccc(-c2cc(C(=O)OCC(=O)c3ccccc3)c3cccc(C)c3n2)cc1. The molecule has 0 aliphatic rings. The highest BCUT2D eigenvalue weighted by Crippen LogP contribution is 2.28. The number of ether oxygens (including phenoxy) is 1. The molecular formula is C32H33NO3. The van der Waals surface area contributed by atoms with E-state index in [1.807, 2.05) is 31.2 Å². The van der Waals surface area contributed by atoms with Gasteiger partial charge < -0.3 is 4.74 Å². The molecule has 0 N–H and O–H groups in total. The Hall–Kier alpha value is -3.79. The van der Waals surface area contributed by atoms with E-state index in [9.17, 15) is 9.59 Å². The summed E-state index contributed by atoms with van der Waals surface area (Å²) in [4.78, 5) is 30.5. The third-order valence-electron chi connectivity index (χ3n) is 6.51. The average Bonchev–Trinajstić information content (AvgIpc) is 2.92. The lowest BCUT2D eigenvalue weighted by Gasteiger charge is -2.12. The van der Waals surface area contributed by atoms with Gasteiger partial charge in [0.15, 0.2) is 12.4 Å². The fraction of sp³-hybridized carbons (Fsp3) is 0.281. The number of para-hydroxylation sites is 1. The summed E-state index contributed by atoms with van der Waals surface area (Å²) >= 11 is 0. The van der Waals surface area contributed by atoms with Gasteiger partial charge in [-0.05, 0) is 37.0 Å². The monoisotopic (exact) mass is 479 g/mol. The molecule has 0 spiro atoms. The molecule has 36 heavy (non-hydrogen) atoms.